The van der Waals surface area contributed by atoms with E-state index in [1.165, 1.54) is 0 Å². The Morgan fingerprint density at radius 3 is 2.48 bits per heavy atom. The zero-order valence-corrected chi connectivity index (χ0v) is 16.2. The third kappa shape index (κ3) is 5.06. The van der Waals surface area contributed by atoms with E-state index in [-0.39, 0.29) is 5.91 Å². The third-order valence-corrected chi connectivity index (χ3v) is 4.31. The summed E-state index contributed by atoms with van der Waals surface area (Å²) in [5, 5.41) is 4.02. The quantitative estimate of drug-likeness (QED) is 0.559. The number of anilines is 1. The van der Waals surface area contributed by atoms with Crippen LogP contribution in [0, 0.1) is 0 Å². The number of hydrogen-bond donors (Lipinski definition) is 1. The van der Waals surface area contributed by atoms with Crippen molar-refractivity contribution in [1.29, 1.82) is 0 Å². The molecule has 25 heavy (non-hydrogen) atoms. The van der Waals surface area contributed by atoms with Crippen LogP contribution in [-0.2, 0) is 0 Å². The van der Waals surface area contributed by atoms with Crippen molar-refractivity contribution in [3.63, 3.8) is 0 Å². The van der Waals surface area contributed by atoms with Gasteiger partial charge in [0.05, 0.1) is 13.3 Å². The molecule has 0 bridgehead atoms. The Hall–Kier alpha value is -2.34. The second-order valence-electron chi connectivity index (χ2n) is 5.30. The lowest BCUT2D eigenvalue weighted by atomic mass is 10.2. The number of hydrogen-bond acceptors (Lipinski definition) is 4. The lowest BCUT2D eigenvalue weighted by Crippen LogP contribution is -2.22. The summed E-state index contributed by atoms with van der Waals surface area (Å²) < 4.78 is 6.18. The standard InChI is InChI=1S/C19H22BrN3O2/c1-4-23(5-2)17-9-6-14(7-10-17)19(24)22-21-13-15-12-16(20)8-11-18(15)25-3/h6-13H,4-5H2,1-3H3,(H,22,24)/b21-13-. The fraction of sp³-hybridized carbons (Fsp3) is 0.263. The molecule has 5 nitrogen and oxygen atoms in total. The summed E-state index contributed by atoms with van der Waals surface area (Å²) in [4.78, 5) is 14.4. The van der Waals surface area contributed by atoms with E-state index in [0.29, 0.717) is 11.3 Å². The Balaban J connectivity index is 2.04. The van der Waals surface area contributed by atoms with Crippen LogP contribution in [0.1, 0.15) is 29.8 Å². The van der Waals surface area contributed by atoms with Gasteiger partial charge >= 0.3 is 0 Å². The van der Waals surface area contributed by atoms with E-state index in [4.69, 9.17) is 4.74 Å². The smallest absolute Gasteiger partial charge is 0.271 e. The normalized spacial score (nSPS) is 10.7. The number of amides is 1. The van der Waals surface area contributed by atoms with Gasteiger partial charge in [0.15, 0.2) is 0 Å². The lowest BCUT2D eigenvalue weighted by molar-refractivity contribution is 0.0955. The molecule has 2 aromatic rings. The Morgan fingerprint density at radius 2 is 1.88 bits per heavy atom. The largest absolute Gasteiger partial charge is 0.496 e. The van der Waals surface area contributed by atoms with E-state index in [2.05, 4.69) is 45.2 Å². The van der Waals surface area contributed by atoms with Crippen LogP contribution in [0.4, 0.5) is 5.69 Å². The van der Waals surface area contributed by atoms with Crippen LogP contribution in [0.15, 0.2) is 52.0 Å². The summed E-state index contributed by atoms with van der Waals surface area (Å²) in [6, 6.07) is 13.1. The van der Waals surface area contributed by atoms with E-state index in [1.807, 2.05) is 30.3 Å². The number of ether oxygens (including phenoxy) is 1. The van der Waals surface area contributed by atoms with Crippen molar-refractivity contribution in [3.05, 3.63) is 58.1 Å². The molecule has 0 aliphatic heterocycles. The molecule has 6 heteroatoms. The Labute approximate surface area is 156 Å². The second kappa shape index (κ2) is 9.22. The highest BCUT2D eigenvalue weighted by molar-refractivity contribution is 9.10. The highest BCUT2D eigenvalue weighted by Gasteiger charge is 2.07. The molecule has 0 spiro atoms. The zero-order valence-electron chi connectivity index (χ0n) is 14.6. The number of hydrazone groups is 1. The van der Waals surface area contributed by atoms with Gasteiger partial charge in [0.2, 0.25) is 0 Å². The van der Waals surface area contributed by atoms with Gasteiger partial charge in [-0.05, 0) is 56.3 Å². The first-order chi connectivity index (χ1) is 12.1. The minimum atomic E-state index is -0.253. The Bertz CT molecular complexity index is 741. The number of rotatable bonds is 7. The predicted molar refractivity (Wildman–Crippen MR) is 106 cm³/mol. The fourth-order valence-electron chi connectivity index (χ4n) is 2.44. The molecule has 1 N–H and O–H groups in total. The maximum Gasteiger partial charge on any atom is 0.271 e. The van der Waals surface area contributed by atoms with Gasteiger partial charge < -0.3 is 9.64 Å². The van der Waals surface area contributed by atoms with Crippen molar-refractivity contribution in [2.75, 3.05) is 25.1 Å². The molecule has 2 aromatic carbocycles. The number of nitrogens with one attached hydrogen (secondary N) is 1. The van der Waals surface area contributed by atoms with Crippen molar-refractivity contribution in [3.8, 4) is 5.75 Å². The van der Waals surface area contributed by atoms with Crippen molar-refractivity contribution in [1.82, 2.24) is 5.43 Å². The molecule has 0 saturated heterocycles. The summed E-state index contributed by atoms with van der Waals surface area (Å²) in [7, 11) is 1.59. The number of carbonyl (C=O) groups is 1. The minimum Gasteiger partial charge on any atom is -0.496 e. The molecule has 0 heterocycles. The number of halogens is 1. The number of nitrogens with zero attached hydrogens (tertiary/aromatic N) is 2. The van der Waals surface area contributed by atoms with E-state index >= 15 is 0 Å². The van der Waals surface area contributed by atoms with Gasteiger partial charge in [-0.25, -0.2) is 5.43 Å². The average Bonchev–Trinajstić information content (AvgIpc) is 2.63. The number of carbonyl (C=O) groups excluding carboxylic acids is 1. The molecule has 0 aromatic heterocycles. The molecule has 0 unspecified atom stereocenters. The van der Waals surface area contributed by atoms with E-state index in [1.54, 1.807) is 25.5 Å². The number of benzene rings is 2. The first-order valence-corrected chi connectivity index (χ1v) is 8.90. The molecule has 2 rings (SSSR count). The molecule has 0 saturated carbocycles. The van der Waals surface area contributed by atoms with Crippen LogP contribution in [0.25, 0.3) is 0 Å². The highest BCUT2D eigenvalue weighted by atomic mass is 79.9. The van der Waals surface area contributed by atoms with Crippen molar-refractivity contribution < 1.29 is 9.53 Å². The zero-order chi connectivity index (χ0) is 18.2. The molecule has 0 atom stereocenters. The van der Waals surface area contributed by atoms with Gasteiger partial charge in [0.25, 0.3) is 5.91 Å². The van der Waals surface area contributed by atoms with Crippen LogP contribution in [0.5, 0.6) is 5.75 Å². The molecule has 0 aliphatic rings. The van der Waals surface area contributed by atoms with Crippen LogP contribution in [-0.4, -0.2) is 32.3 Å². The van der Waals surface area contributed by atoms with E-state index in [0.717, 1.165) is 28.8 Å². The van der Waals surface area contributed by atoms with Crippen molar-refractivity contribution in [2.45, 2.75) is 13.8 Å². The summed E-state index contributed by atoms with van der Waals surface area (Å²) in [6.07, 6.45) is 1.56. The molecular formula is C19H22BrN3O2. The molecule has 0 radical (unpaired) electrons. The van der Waals surface area contributed by atoms with Crippen LogP contribution in [0.3, 0.4) is 0 Å². The molecule has 0 aliphatic carbocycles. The Morgan fingerprint density at radius 1 is 1.20 bits per heavy atom. The summed E-state index contributed by atoms with van der Waals surface area (Å²) in [5.74, 6) is 0.432. The molecule has 1 amide bonds. The SMILES string of the molecule is CCN(CC)c1ccc(C(=O)N/N=C\c2cc(Br)ccc2OC)cc1. The first-order valence-electron chi connectivity index (χ1n) is 8.11. The van der Waals surface area contributed by atoms with Gasteiger partial charge in [-0.2, -0.15) is 5.10 Å². The van der Waals surface area contributed by atoms with Gasteiger partial charge in [-0.3, -0.25) is 4.79 Å². The monoisotopic (exact) mass is 403 g/mol. The van der Waals surface area contributed by atoms with Crippen LogP contribution in [0.2, 0.25) is 0 Å². The average molecular weight is 404 g/mol. The predicted octanol–water partition coefficient (Wildman–Crippen LogP) is 4.07. The second-order valence-corrected chi connectivity index (χ2v) is 6.22. The molecule has 0 fully saturated rings. The third-order valence-electron chi connectivity index (χ3n) is 3.82. The fourth-order valence-corrected chi connectivity index (χ4v) is 2.82. The summed E-state index contributed by atoms with van der Waals surface area (Å²) in [5.41, 5.74) is 4.98. The molecular weight excluding hydrogens is 382 g/mol. The van der Waals surface area contributed by atoms with E-state index in [9.17, 15) is 4.79 Å². The number of methoxy groups -OCH3 is 1. The van der Waals surface area contributed by atoms with Crippen LogP contribution < -0.4 is 15.1 Å². The minimum absolute atomic E-state index is 0.253. The lowest BCUT2D eigenvalue weighted by Gasteiger charge is -2.20. The maximum absolute atomic E-state index is 12.2. The summed E-state index contributed by atoms with van der Waals surface area (Å²) in [6.45, 7) is 6.08. The van der Waals surface area contributed by atoms with E-state index < -0.39 is 0 Å². The van der Waals surface area contributed by atoms with Gasteiger partial charge in [0, 0.05) is 34.4 Å². The summed E-state index contributed by atoms with van der Waals surface area (Å²) >= 11 is 3.40. The molecule has 132 valence electrons. The van der Waals surface area contributed by atoms with Crippen LogP contribution >= 0.6 is 15.9 Å². The van der Waals surface area contributed by atoms with Gasteiger partial charge in [-0.1, -0.05) is 15.9 Å². The van der Waals surface area contributed by atoms with Gasteiger partial charge in [-0.15, -0.1) is 0 Å². The maximum atomic E-state index is 12.2. The van der Waals surface area contributed by atoms with Crippen molar-refractivity contribution in [2.24, 2.45) is 5.10 Å². The van der Waals surface area contributed by atoms with Crippen molar-refractivity contribution >= 4 is 33.7 Å². The first kappa shape index (κ1) is 19.0. The Kier molecular flexibility index (Phi) is 7.01. The highest BCUT2D eigenvalue weighted by Crippen LogP contribution is 2.21. The topological polar surface area (TPSA) is 53.9 Å². The van der Waals surface area contributed by atoms with Gasteiger partial charge in [0.1, 0.15) is 5.75 Å².